The predicted octanol–water partition coefficient (Wildman–Crippen LogP) is 3.21. The van der Waals surface area contributed by atoms with Crippen molar-refractivity contribution in [2.75, 3.05) is 39.3 Å². The smallest absolute Gasteiger partial charge is 0.0479 e. The standard InChI is InChI=1S/C20H33N3/c1-17-7-9-19(10-8-17)20(23-14-11-21-15-18(23)2)16-22-12-5-3-4-6-13-22/h7-10,18,20-21H,3-6,11-16H2,1-2H3. The third-order valence-corrected chi connectivity index (χ3v) is 5.54. The number of rotatable bonds is 4. The van der Waals surface area contributed by atoms with Crippen molar-refractivity contribution in [3.63, 3.8) is 0 Å². The SMILES string of the molecule is Cc1ccc(C(CN2CCCCCC2)N2CCNCC2C)cc1. The van der Waals surface area contributed by atoms with Gasteiger partial charge < -0.3 is 10.2 Å². The molecule has 1 aromatic carbocycles. The molecule has 0 spiro atoms. The summed E-state index contributed by atoms with van der Waals surface area (Å²) in [5.74, 6) is 0. The van der Waals surface area contributed by atoms with Gasteiger partial charge >= 0.3 is 0 Å². The first-order valence-corrected chi connectivity index (χ1v) is 9.49. The molecule has 2 aliphatic heterocycles. The van der Waals surface area contributed by atoms with Crippen molar-refractivity contribution in [1.82, 2.24) is 15.1 Å². The minimum Gasteiger partial charge on any atom is -0.314 e. The highest BCUT2D eigenvalue weighted by Crippen LogP contribution is 2.26. The van der Waals surface area contributed by atoms with Crippen LogP contribution in [0.15, 0.2) is 24.3 Å². The summed E-state index contributed by atoms with van der Waals surface area (Å²) in [5.41, 5.74) is 2.85. The molecule has 2 heterocycles. The van der Waals surface area contributed by atoms with Crippen molar-refractivity contribution < 1.29 is 0 Å². The number of benzene rings is 1. The fourth-order valence-corrected chi connectivity index (χ4v) is 4.07. The van der Waals surface area contributed by atoms with E-state index in [0.29, 0.717) is 12.1 Å². The highest BCUT2D eigenvalue weighted by Gasteiger charge is 2.28. The first kappa shape index (κ1) is 16.9. The van der Waals surface area contributed by atoms with E-state index in [1.807, 2.05) is 0 Å². The third-order valence-electron chi connectivity index (χ3n) is 5.54. The summed E-state index contributed by atoms with van der Waals surface area (Å²) in [6, 6.07) is 10.4. The summed E-state index contributed by atoms with van der Waals surface area (Å²) in [6.45, 7) is 11.7. The Labute approximate surface area is 142 Å². The van der Waals surface area contributed by atoms with Gasteiger partial charge in [-0.3, -0.25) is 4.90 Å². The zero-order chi connectivity index (χ0) is 16.1. The minimum atomic E-state index is 0.533. The average Bonchev–Trinajstić information content (AvgIpc) is 2.83. The molecular formula is C20H33N3. The van der Waals surface area contributed by atoms with Gasteiger partial charge in [0.05, 0.1) is 0 Å². The maximum atomic E-state index is 3.54. The predicted molar refractivity (Wildman–Crippen MR) is 97.9 cm³/mol. The maximum absolute atomic E-state index is 3.54. The van der Waals surface area contributed by atoms with Crippen molar-refractivity contribution in [3.05, 3.63) is 35.4 Å². The molecule has 3 rings (SSSR count). The lowest BCUT2D eigenvalue weighted by atomic mass is 10.00. The van der Waals surface area contributed by atoms with E-state index in [9.17, 15) is 0 Å². The number of hydrogen-bond donors (Lipinski definition) is 1. The van der Waals surface area contributed by atoms with E-state index in [-0.39, 0.29) is 0 Å². The van der Waals surface area contributed by atoms with Crippen LogP contribution in [0.25, 0.3) is 0 Å². The van der Waals surface area contributed by atoms with E-state index in [4.69, 9.17) is 0 Å². The number of likely N-dealkylation sites (tertiary alicyclic amines) is 1. The Bertz CT molecular complexity index is 462. The lowest BCUT2D eigenvalue weighted by Gasteiger charge is -2.42. The Morgan fingerprint density at radius 2 is 1.74 bits per heavy atom. The highest BCUT2D eigenvalue weighted by atomic mass is 15.3. The lowest BCUT2D eigenvalue weighted by Crippen LogP contribution is -2.53. The molecule has 0 bridgehead atoms. The molecule has 0 amide bonds. The number of nitrogens with one attached hydrogen (secondary N) is 1. The molecule has 3 nitrogen and oxygen atoms in total. The normalized spacial score (nSPS) is 25.9. The number of nitrogens with zero attached hydrogens (tertiary/aromatic N) is 2. The monoisotopic (exact) mass is 315 g/mol. The molecule has 2 unspecified atom stereocenters. The molecule has 128 valence electrons. The van der Waals surface area contributed by atoms with E-state index >= 15 is 0 Å². The Morgan fingerprint density at radius 3 is 2.39 bits per heavy atom. The van der Waals surface area contributed by atoms with Crippen LogP contribution in [0.1, 0.15) is 49.8 Å². The molecule has 2 fully saturated rings. The zero-order valence-corrected chi connectivity index (χ0v) is 14.9. The van der Waals surface area contributed by atoms with Gasteiger partial charge in [-0.25, -0.2) is 0 Å². The molecule has 1 N–H and O–H groups in total. The summed E-state index contributed by atoms with van der Waals surface area (Å²) >= 11 is 0. The Hall–Kier alpha value is -0.900. The number of hydrogen-bond acceptors (Lipinski definition) is 3. The first-order chi connectivity index (χ1) is 11.2. The fraction of sp³-hybridized carbons (Fsp3) is 0.700. The second-order valence-corrected chi connectivity index (χ2v) is 7.43. The van der Waals surface area contributed by atoms with Crippen LogP contribution in [0, 0.1) is 6.92 Å². The van der Waals surface area contributed by atoms with E-state index in [2.05, 4.69) is 53.2 Å². The van der Waals surface area contributed by atoms with Crippen LogP contribution >= 0.6 is 0 Å². The molecule has 0 radical (unpaired) electrons. The molecule has 1 aromatic rings. The van der Waals surface area contributed by atoms with Gasteiger partial charge in [-0.15, -0.1) is 0 Å². The summed E-state index contributed by atoms with van der Waals surface area (Å²) in [7, 11) is 0. The molecule has 0 aliphatic carbocycles. The lowest BCUT2D eigenvalue weighted by molar-refractivity contribution is 0.0851. The summed E-state index contributed by atoms with van der Waals surface area (Å²) < 4.78 is 0. The van der Waals surface area contributed by atoms with Gasteiger partial charge in [0.1, 0.15) is 0 Å². The first-order valence-electron chi connectivity index (χ1n) is 9.49. The van der Waals surface area contributed by atoms with Gasteiger partial charge in [-0.2, -0.15) is 0 Å². The van der Waals surface area contributed by atoms with Crippen LogP contribution in [0.3, 0.4) is 0 Å². The van der Waals surface area contributed by atoms with E-state index in [0.717, 1.165) is 19.6 Å². The Balaban J connectivity index is 1.78. The van der Waals surface area contributed by atoms with E-state index in [1.54, 1.807) is 0 Å². The Kier molecular flexibility index (Phi) is 6.09. The van der Waals surface area contributed by atoms with Gasteiger partial charge in [-0.05, 0) is 45.3 Å². The number of aryl methyl sites for hydroxylation is 1. The van der Waals surface area contributed by atoms with Crippen LogP contribution in [0.4, 0.5) is 0 Å². The van der Waals surface area contributed by atoms with E-state index < -0.39 is 0 Å². The van der Waals surface area contributed by atoms with Crippen LogP contribution in [-0.2, 0) is 0 Å². The topological polar surface area (TPSA) is 18.5 Å². The second kappa shape index (κ2) is 8.27. The third kappa shape index (κ3) is 4.56. The summed E-state index contributed by atoms with van der Waals surface area (Å²) in [5, 5.41) is 3.54. The second-order valence-electron chi connectivity index (χ2n) is 7.43. The summed E-state index contributed by atoms with van der Waals surface area (Å²) in [6.07, 6.45) is 5.57. The molecule has 2 saturated heterocycles. The fourth-order valence-electron chi connectivity index (χ4n) is 4.07. The van der Waals surface area contributed by atoms with Crippen molar-refractivity contribution in [1.29, 1.82) is 0 Å². The highest BCUT2D eigenvalue weighted by molar-refractivity contribution is 5.25. The molecular weight excluding hydrogens is 282 g/mol. The van der Waals surface area contributed by atoms with Crippen LogP contribution in [-0.4, -0.2) is 55.1 Å². The molecule has 2 aliphatic rings. The van der Waals surface area contributed by atoms with Gasteiger partial charge in [-0.1, -0.05) is 42.7 Å². The van der Waals surface area contributed by atoms with Crippen LogP contribution in [0.2, 0.25) is 0 Å². The number of piperazine rings is 1. The van der Waals surface area contributed by atoms with Crippen molar-refractivity contribution in [3.8, 4) is 0 Å². The van der Waals surface area contributed by atoms with Gasteiger partial charge in [0.2, 0.25) is 0 Å². The molecule has 23 heavy (non-hydrogen) atoms. The van der Waals surface area contributed by atoms with Crippen LogP contribution < -0.4 is 5.32 Å². The molecule has 0 saturated carbocycles. The van der Waals surface area contributed by atoms with Gasteiger partial charge in [0, 0.05) is 38.3 Å². The molecule has 2 atom stereocenters. The van der Waals surface area contributed by atoms with Crippen molar-refractivity contribution >= 4 is 0 Å². The minimum absolute atomic E-state index is 0.533. The zero-order valence-electron chi connectivity index (χ0n) is 14.9. The largest absolute Gasteiger partial charge is 0.314 e. The van der Waals surface area contributed by atoms with Crippen molar-refractivity contribution in [2.24, 2.45) is 0 Å². The summed E-state index contributed by atoms with van der Waals surface area (Å²) in [4.78, 5) is 5.44. The average molecular weight is 316 g/mol. The van der Waals surface area contributed by atoms with Crippen molar-refractivity contribution in [2.45, 2.75) is 51.6 Å². The van der Waals surface area contributed by atoms with Crippen LogP contribution in [0.5, 0.6) is 0 Å². The maximum Gasteiger partial charge on any atom is 0.0479 e. The molecule has 0 aromatic heterocycles. The Morgan fingerprint density at radius 1 is 1.04 bits per heavy atom. The molecule has 3 heteroatoms. The van der Waals surface area contributed by atoms with Gasteiger partial charge in [0.25, 0.3) is 0 Å². The van der Waals surface area contributed by atoms with Gasteiger partial charge in [0.15, 0.2) is 0 Å². The van der Waals surface area contributed by atoms with E-state index in [1.165, 1.54) is 56.4 Å². The quantitative estimate of drug-likeness (QED) is 0.920.